The minimum absolute atomic E-state index is 0.0569. The van der Waals surface area contributed by atoms with Crippen LogP contribution in [0, 0.1) is 5.92 Å². The minimum Gasteiger partial charge on any atom is -0.481 e. The lowest BCUT2D eigenvalue weighted by Crippen LogP contribution is -2.49. The highest BCUT2D eigenvalue weighted by Crippen LogP contribution is 2.27. The largest absolute Gasteiger partial charge is 0.481 e. The highest BCUT2D eigenvalue weighted by atomic mass is 16.4. The van der Waals surface area contributed by atoms with Gasteiger partial charge in [-0.05, 0) is 30.9 Å². The Hall–Kier alpha value is -2.37. The van der Waals surface area contributed by atoms with Crippen molar-refractivity contribution in [3.63, 3.8) is 0 Å². The first-order valence-corrected chi connectivity index (χ1v) is 9.46. The van der Waals surface area contributed by atoms with Gasteiger partial charge in [-0.15, -0.1) is 0 Å². The van der Waals surface area contributed by atoms with Crippen molar-refractivity contribution in [3.05, 3.63) is 29.8 Å². The molecule has 1 aromatic carbocycles. The second-order valence-electron chi connectivity index (χ2n) is 7.22. The number of carbonyl (C=O) groups excluding carboxylic acids is 2. The number of amides is 2. The number of hydrogen-bond donors (Lipinski definition) is 2. The molecule has 0 saturated heterocycles. The quantitative estimate of drug-likeness (QED) is 0.866. The third kappa shape index (κ3) is 4.23. The molecule has 2 amide bonds. The molecule has 1 fully saturated rings. The van der Waals surface area contributed by atoms with Crippen LogP contribution in [0.2, 0.25) is 0 Å². The third-order valence-electron chi connectivity index (χ3n) is 5.42. The van der Waals surface area contributed by atoms with Crippen LogP contribution in [0.25, 0.3) is 0 Å². The van der Waals surface area contributed by atoms with Crippen molar-refractivity contribution >= 4 is 23.5 Å². The van der Waals surface area contributed by atoms with Crippen LogP contribution in [0.4, 0.5) is 5.69 Å². The molecule has 2 aliphatic rings. The van der Waals surface area contributed by atoms with Gasteiger partial charge >= 0.3 is 5.97 Å². The Labute approximate surface area is 153 Å². The van der Waals surface area contributed by atoms with Crippen LogP contribution in [-0.2, 0) is 20.8 Å². The highest BCUT2D eigenvalue weighted by molar-refractivity contribution is 6.01. The summed E-state index contributed by atoms with van der Waals surface area (Å²) in [4.78, 5) is 38.0. The van der Waals surface area contributed by atoms with Crippen LogP contribution in [0.15, 0.2) is 24.3 Å². The van der Waals surface area contributed by atoms with E-state index in [1.165, 1.54) is 4.90 Å². The van der Waals surface area contributed by atoms with Gasteiger partial charge in [0.25, 0.3) is 0 Å². The number of para-hydroxylation sites is 1. The monoisotopic (exact) mass is 358 g/mol. The van der Waals surface area contributed by atoms with Crippen molar-refractivity contribution in [2.75, 3.05) is 11.4 Å². The van der Waals surface area contributed by atoms with Gasteiger partial charge < -0.3 is 15.3 Å². The van der Waals surface area contributed by atoms with Gasteiger partial charge in [0.15, 0.2) is 0 Å². The first-order chi connectivity index (χ1) is 12.6. The maximum Gasteiger partial charge on any atom is 0.308 e. The van der Waals surface area contributed by atoms with E-state index in [1.807, 2.05) is 24.3 Å². The lowest BCUT2D eigenvalue weighted by Gasteiger charge is -2.31. The van der Waals surface area contributed by atoms with Gasteiger partial charge in [0.05, 0.1) is 5.92 Å². The fourth-order valence-electron chi connectivity index (χ4n) is 4.02. The zero-order valence-corrected chi connectivity index (χ0v) is 14.9. The molecule has 0 aromatic heterocycles. The maximum absolute atomic E-state index is 12.6. The van der Waals surface area contributed by atoms with Crippen molar-refractivity contribution in [2.24, 2.45) is 5.92 Å². The Bertz CT molecular complexity index is 688. The molecule has 3 rings (SSSR count). The number of carbonyl (C=O) groups is 3. The van der Waals surface area contributed by atoms with Crippen molar-refractivity contribution in [3.8, 4) is 0 Å². The van der Waals surface area contributed by atoms with E-state index in [4.69, 9.17) is 0 Å². The van der Waals surface area contributed by atoms with E-state index in [0.29, 0.717) is 25.7 Å². The molecule has 1 aliphatic carbocycles. The average Bonchev–Trinajstić information content (AvgIpc) is 2.59. The number of aryl methyl sites for hydroxylation is 1. The number of carboxylic acids is 1. The summed E-state index contributed by atoms with van der Waals surface area (Å²) in [6.45, 7) is -0.0569. The number of benzene rings is 1. The van der Waals surface area contributed by atoms with E-state index in [-0.39, 0.29) is 24.4 Å². The molecule has 1 aliphatic heterocycles. The maximum atomic E-state index is 12.6. The zero-order valence-electron chi connectivity index (χ0n) is 14.9. The van der Waals surface area contributed by atoms with Gasteiger partial charge in [0.1, 0.15) is 6.54 Å². The van der Waals surface area contributed by atoms with Gasteiger partial charge in [-0.1, -0.05) is 43.9 Å². The SMILES string of the molecule is O=C(CN1C(=O)CCc2ccccc21)NC1CCCCCCC1C(=O)O. The van der Waals surface area contributed by atoms with E-state index in [0.717, 1.165) is 36.9 Å². The number of hydrogen-bond acceptors (Lipinski definition) is 3. The second-order valence-corrected chi connectivity index (χ2v) is 7.22. The number of rotatable bonds is 4. The number of fused-ring (bicyclic) bond motifs is 1. The number of carboxylic acid groups (broad SMARTS) is 1. The molecule has 6 nitrogen and oxygen atoms in total. The number of anilines is 1. The summed E-state index contributed by atoms with van der Waals surface area (Å²) in [5.41, 5.74) is 1.85. The van der Waals surface area contributed by atoms with Crippen LogP contribution in [-0.4, -0.2) is 35.5 Å². The minimum atomic E-state index is -0.850. The van der Waals surface area contributed by atoms with Crippen molar-refractivity contribution in [1.29, 1.82) is 0 Å². The Morgan fingerprint density at radius 3 is 2.58 bits per heavy atom. The summed E-state index contributed by atoms with van der Waals surface area (Å²) < 4.78 is 0. The van der Waals surface area contributed by atoms with Gasteiger partial charge in [0.2, 0.25) is 11.8 Å². The van der Waals surface area contributed by atoms with Crippen molar-refractivity contribution in [1.82, 2.24) is 5.32 Å². The van der Waals surface area contributed by atoms with E-state index in [1.54, 1.807) is 0 Å². The van der Waals surface area contributed by atoms with Crippen LogP contribution in [0.5, 0.6) is 0 Å². The normalized spacial score (nSPS) is 23.5. The summed E-state index contributed by atoms with van der Waals surface area (Å²) in [5.74, 6) is -1.75. The van der Waals surface area contributed by atoms with Gasteiger partial charge in [0, 0.05) is 18.2 Å². The Morgan fingerprint density at radius 2 is 1.81 bits per heavy atom. The fraction of sp³-hybridized carbons (Fsp3) is 0.550. The smallest absolute Gasteiger partial charge is 0.308 e. The molecule has 1 aromatic rings. The van der Waals surface area contributed by atoms with Gasteiger partial charge in [-0.3, -0.25) is 14.4 Å². The van der Waals surface area contributed by atoms with Crippen molar-refractivity contribution in [2.45, 2.75) is 57.4 Å². The summed E-state index contributed by atoms with van der Waals surface area (Å²) in [7, 11) is 0. The Morgan fingerprint density at radius 1 is 1.08 bits per heavy atom. The van der Waals surface area contributed by atoms with Crippen molar-refractivity contribution < 1.29 is 19.5 Å². The van der Waals surface area contributed by atoms with Crippen LogP contribution >= 0.6 is 0 Å². The first kappa shape index (κ1) is 18.4. The van der Waals surface area contributed by atoms with E-state index < -0.39 is 11.9 Å². The zero-order chi connectivity index (χ0) is 18.5. The van der Waals surface area contributed by atoms with Crippen LogP contribution < -0.4 is 10.2 Å². The first-order valence-electron chi connectivity index (χ1n) is 9.46. The molecular formula is C20H26N2O4. The highest BCUT2D eigenvalue weighted by Gasteiger charge is 2.31. The van der Waals surface area contributed by atoms with E-state index in [9.17, 15) is 19.5 Å². The van der Waals surface area contributed by atoms with E-state index >= 15 is 0 Å². The summed E-state index contributed by atoms with van der Waals surface area (Å²) in [6, 6.07) is 7.25. The molecule has 6 heteroatoms. The molecule has 2 unspecified atom stereocenters. The molecular weight excluding hydrogens is 332 g/mol. The molecule has 2 atom stereocenters. The molecule has 1 saturated carbocycles. The summed E-state index contributed by atoms with van der Waals surface area (Å²) in [5, 5.41) is 12.4. The molecule has 0 spiro atoms. The molecule has 0 bridgehead atoms. The Kier molecular flexibility index (Phi) is 5.91. The average molecular weight is 358 g/mol. The predicted octanol–water partition coefficient (Wildman–Crippen LogP) is 2.51. The van der Waals surface area contributed by atoms with Crippen LogP contribution in [0.3, 0.4) is 0 Å². The molecule has 2 N–H and O–H groups in total. The lowest BCUT2D eigenvalue weighted by molar-refractivity contribution is -0.143. The second kappa shape index (κ2) is 8.34. The lowest BCUT2D eigenvalue weighted by atomic mass is 9.87. The van der Waals surface area contributed by atoms with Gasteiger partial charge in [-0.2, -0.15) is 0 Å². The third-order valence-corrected chi connectivity index (χ3v) is 5.42. The number of nitrogens with one attached hydrogen (secondary N) is 1. The molecule has 1 heterocycles. The number of aliphatic carboxylic acids is 1. The fourth-order valence-corrected chi connectivity index (χ4v) is 4.02. The van der Waals surface area contributed by atoms with Gasteiger partial charge in [-0.25, -0.2) is 0 Å². The standard InChI is InChI=1S/C20H26N2O4/c23-18(21-16-9-4-2-1-3-8-15(16)20(25)26)13-22-17-10-6-5-7-14(17)11-12-19(22)24/h5-7,10,15-16H,1-4,8-9,11-13H2,(H,21,23)(H,25,26). The summed E-state index contributed by atoms with van der Waals surface area (Å²) in [6.07, 6.45) is 6.25. The number of nitrogens with zero attached hydrogens (tertiary/aromatic N) is 1. The Balaban J connectivity index is 1.69. The summed E-state index contributed by atoms with van der Waals surface area (Å²) >= 11 is 0. The molecule has 26 heavy (non-hydrogen) atoms. The van der Waals surface area contributed by atoms with Crippen LogP contribution in [0.1, 0.15) is 50.5 Å². The molecule has 140 valence electrons. The van der Waals surface area contributed by atoms with E-state index in [2.05, 4.69) is 5.32 Å². The molecule has 0 radical (unpaired) electrons. The predicted molar refractivity (Wildman–Crippen MR) is 97.9 cm³/mol. The topological polar surface area (TPSA) is 86.7 Å².